The summed E-state index contributed by atoms with van der Waals surface area (Å²) in [6.07, 6.45) is 6.39. The van der Waals surface area contributed by atoms with E-state index in [-0.39, 0.29) is 12.8 Å². The molecule has 0 aliphatic carbocycles. The second-order valence-corrected chi connectivity index (χ2v) is 6.63. The maximum atomic E-state index is 11.0. The molecular weight excluding hydrogens is 304 g/mol. The summed E-state index contributed by atoms with van der Waals surface area (Å²) in [5, 5.41) is 8.95. The van der Waals surface area contributed by atoms with E-state index in [0.717, 1.165) is 54.6 Å². The molecule has 0 atom stereocenters. The number of hydrogen-bond acceptors (Lipinski definition) is 4. The Hall–Kier alpha value is -1.88. The lowest BCUT2D eigenvalue weighted by atomic mass is 9.91. The Bertz CT molecular complexity index is 593. The molecule has 5 nitrogen and oxygen atoms in total. The van der Waals surface area contributed by atoms with Crippen molar-refractivity contribution >= 4 is 17.9 Å². The summed E-state index contributed by atoms with van der Waals surface area (Å²) < 4.78 is 0. The van der Waals surface area contributed by atoms with Crippen molar-refractivity contribution in [1.29, 1.82) is 0 Å². The summed E-state index contributed by atoms with van der Waals surface area (Å²) in [4.78, 5) is 24.4. The van der Waals surface area contributed by atoms with E-state index >= 15 is 0 Å². The Morgan fingerprint density at radius 2 is 1.96 bits per heavy atom. The van der Waals surface area contributed by atoms with Crippen molar-refractivity contribution in [3.05, 3.63) is 28.3 Å². The SMILES string of the molecule is Cc1c(CCC(=O)O)cc(CCN2CCCCC2)c(N)c1CC=O. The molecular formula is C19H28N2O3. The molecule has 0 aromatic heterocycles. The average Bonchev–Trinajstić information content (AvgIpc) is 2.58. The minimum Gasteiger partial charge on any atom is -0.481 e. The van der Waals surface area contributed by atoms with Gasteiger partial charge in [0.15, 0.2) is 0 Å². The Morgan fingerprint density at radius 3 is 2.58 bits per heavy atom. The number of carboxylic acids is 1. The van der Waals surface area contributed by atoms with Crippen molar-refractivity contribution in [3.63, 3.8) is 0 Å². The highest BCUT2D eigenvalue weighted by Crippen LogP contribution is 2.27. The maximum absolute atomic E-state index is 11.0. The van der Waals surface area contributed by atoms with Crippen molar-refractivity contribution in [2.75, 3.05) is 25.4 Å². The molecule has 1 aromatic carbocycles. The van der Waals surface area contributed by atoms with Crippen molar-refractivity contribution < 1.29 is 14.7 Å². The van der Waals surface area contributed by atoms with Gasteiger partial charge in [-0.2, -0.15) is 0 Å². The van der Waals surface area contributed by atoms with E-state index in [0.29, 0.717) is 12.1 Å². The van der Waals surface area contributed by atoms with Crippen LogP contribution >= 0.6 is 0 Å². The molecule has 1 aliphatic heterocycles. The largest absolute Gasteiger partial charge is 0.481 e. The predicted molar refractivity (Wildman–Crippen MR) is 95.3 cm³/mol. The van der Waals surface area contributed by atoms with E-state index < -0.39 is 5.97 Å². The van der Waals surface area contributed by atoms with Crippen molar-refractivity contribution in [2.24, 2.45) is 0 Å². The lowest BCUT2D eigenvalue weighted by Crippen LogP contribution is -2.31. The molecule has 0 radical (unpaired) electrons. The van der Waals surface area contributed by atoms with Gasteiger partial charge < -0.3 is 20.5 Å². The van der Waals surface area contributed by atoms with Gasteiger partial charge in [-0.15, -0.1) is 0 Å². The highest BCUT2D eigenvalue weighted by molar-refractivity contribution is 5.69. The molecule has 0 saturated carbocycles. The van der Waals surface area contributed by atoms with Gasteiger partial charge in [0.05, 0.1) is 0 Å². The smallest absolute Gasteiger partial charge is 0.303 e. The lowest BCUT2D eigenvalue weighted by Gasteiger charge is -2.27. The van der Waals surface area contributed by atoms with Gasteiger partial charge in [-0.1, -0.05) is 12.5 Å². The number of anilines is 1. The molecule has 0 bridgehead atoms. The highest BCUT2D eigenvalue weighted by Gasteiger charge is 2.16. The standard InChI is InChI=1S/C19H28N2O3/c1-14-15(5-6-18(23)24)13-16(19(20)17(14)8-12-22)7-11-21-9-3-2-4-10-21/h12-13H,2-11,20H2,1H3,(H,23,24). The third-order valence-corrected chi connectivity index (χ3v) is 5.00. The van der Waals surface area contributed by atoms with Crippen molar-refractivity contribution in [1.82, 2.24) is 4.90 Å². The first-order valence-electron chi connectivity index (χ1n) is 8.80. The molecule has 2 rings (SSSR count). The van der Waals surface area contributed by atoms with E-state index in [4.69, 9.17) is 10.8 Å². The number of nitrogens with zero attached hydrogens (tertiary/aromatic N) is 1. The van der Waals surface area contributed by atoms with Crippen LogP contribution in [0.2, 0.25) is 0 Å². The number of carbonyl (C=O) groups excluding carboxylic acids is 1. The number of rotatable bonds is 8. The number of benzene rings is 1. The molecule has 1 aliphatic rings. The summed E-state index contributed by atoms with van der Waals surface area (Å²) in [5.74, 6) is -0.807. The molecule has 0 spiro atoms. The van der Waals surface area contributed by atoms with Gasteiger partial charge in [-0.3, -0.25) is 4.79 Å². The molecule has 1 fully saturated rings. The quantitative estimate of drug-likeness (QED) is 0.564. The van der Waals surface area contributed by atoms with Crippen LogP contribution in [0, 0.1) is 6.92 Å². The summed E-state index contributed by atoms with van der Waals surface area (Å²) in [7, 11) is 0. The number of carboxylic acid groups (broad SMARTS) is 1. The summed E-state index contributed by atoms with van der Waals surface area (Å²) >= 11 is 0. The minimum atomic E-state index is -0.807. The number of aliphatic carboxylic acids is 1. The van der Waals surface area contributed by atoms with Crippen molar-refractivity contribution in [2.45, 2.75) is 51.9 Å². The Morgan fingerprint density at radius 1 is 1.25 bits per heavy atom. The molecule has 1 heterocycles. The van der Waals surface area contributed by atoms with E-state index in [1.54, 1.807) is 0 Å². The lowest BCUT2D eigenvalue weighted by molar-refractivity contribution is -0.137. The monoisotopic (exact) mass is 332 g/mol. The van der Waals surface area contributed by atoms with Crippen LogP contribution in [0.4, 0.5) is 5.69 Å². The predicted octanol–water partition coefficient (Wildman–Crippen LogP) is 2.36. The average molecular weight is 332 g/mol. The fraction of sp³-hybridized carbons (Fsp3) is 0.579. The number of carbonyl (C=O) groups is 2. The molecule has 0 amide bonds. The van der Waals surface area contributed by atoms with Crippen LogP contribution < -0.4 is 5.73 Å². The molecule has 1 saturated heterocycles. The number of aldehydes is 1. The summed E-state index contributed by atoms with van der Waals surface area (Å²) in [6, 6.07) is 2.05. The minimum absolute atomic E-state index is 0.0941. The second-order valence-electron chi connectivity index (χ2n) is 6.63. The first-order valence-corrected chi connectivity index (χ1v) is 8.80. The summed E-state index contributed by atoms with van der Waals surface area (Å²) in [6.45, 7) is 5.17. The topological polar surface area (TPSA) is 83.6 Å². The zero-order valence-electron chi connectivity index (χ0n) is 14.5. The van der Waals surface area contributed by atoms with Crippen LogP contribution in [-0.4, -0.2) is 41.9 Å². The normalized spacial score (nSPS) is 15.4. The number of piperidine rings is 1. The van der Waals surface area contributed by atoms with Gasteiger partial charge in [0, 0.05) is 25.1 Å². The van der Waals surface area contributed by atoms with Gasteiger partial charge in [0.25, 0.3) is 0 Å². The molecule has 5 heteroatoms. The summed E-state index contributed by atoms with van der Waals surface area (Å²) in [5.41, 5.74) is 10.9. The Kier molecular flexibility index (Phi) is 6.79. The van der Waals surface area contributed by atoms with Crippen LogP contribution in [0.25, 0.3) is 0 Å². The maximum Gasteiger partial charge on any atom is 0.303 e. The zero-order valence-corrected chi connectivity index (χ0v) is 14.5. The van der Waals surface area contributed by atoms with E-state index in [2.05, 4.69) is 4.90 Å². The van der Waals surface area contributed by atoms with Gasteiger partial charge in [-0.25, -0.2) is 0 Å². The second kappa shape index (κ2) is 8.83. The first-order chi connectivity index (χ1) is 11.5. The molecule has 1 aromatic rings. The highest BCUT2D eigenvalue weighted by atomic mass is 16.4. The number of hydrogen-bond donors (Lipinski definition) is 2. The first kappa shape index (κ1) is 18.5. The van der Waals surface area contributed by atoms with Crippen LogP contribution in [0.15, 0.2) is 6.07 Å². The Balaban J connectivity index is 2.20. The van der Waals surface area contributed by atoms with Gasteiger partial charge in [0.2, 0.25) is 0 Å². The third kappa shape index (κ3) is 4.81. The number of nitrogen functional groups attached to an aromatic ring is 1. The van der Waals surface area contributed by atoms with Crippen LogP contribution in [-0.2, 0) is 28.9 Å². The van der Waals surface area contributed by atoms with Gasteiger partial charge in [0.1, 0.15) is 6.29 Å². The molecule has 132 valence electrons. The van der Waals surface area contributed by atoms with Crippen LogP contribution in [0.3, 0.4) is 0 Å². The third-order valence-electron chi connectivity index (χ3n) is 5.00. The molecule has 24 heavy (non-hydrogen) atoms. The van der Waals surface area contributed by atoms with E-state index in [1.807, 2.05) is 13.0 Å². The van der Waals surface area contributed by atoms with E-state index in [9.17, 15) is 9.59 Å². The number of likely N-dealkylation sites (tertiary alicyclic amines) is 1. The van der Waals surface area contributed by atoms with Crippen LogP contribution in [0.1, 0.15) is 47.9 Å². The van der Waals surface area contributed by atoms with Crippen LogP contribution in [0.5, 0.6) is 0 Å². The zero-order chi connectivity index (χ0) is 17.5. The molecule has 0 unspecified atom stereocenters. The van der Waals surface area contributed by atoms with Gasteiger partial charge in [-0.05, 0) is 68.0 Å². The fourth-order valence-corrected chi connectivity index (χ4v) is 3.50. The van der Waals surface area contributed by atoms with Crippen molar-refractivity contribution in [3.8, 4) is 0 Å². The molecule has 3 N–H and O–H groups in total. The van der Waals surface area contributed by atoms with Gasteiger partial charge >= 0.3 is 5.97 Å². The van der Waals surface area contributed by atoms with E-state index in [1.165, 1.54) is 19.3 Å². The Labute approximate surface area is 143 Å². The number of aryl methyl sites for hydroxylation is 1. The number of nitrogens with two attached hydrogens (primary N) is 1. The fourth-order valence-electron chi connectivity index (χ4n) is 3.50.